The smallest absolute Gasteiger partial charge is 0.323 e. The molecule has 1 aromatic carbocycles. The van der Waals surface area contributed by atoms with Crippen LogP contribution in [0, 0.1) is 0 Å². The zero-order valence-electron chi connectivity index (χ0n) is 9.72. The molecule has 4 N–H and O–H groups in total. The summed E-state index contributed by atoms with van der Waals surface area (Å²) in [5.41, 5.74) is 6.06. The van der Waals surface area contributed by atoms with Crippen LogP contribution in [-0.4, -0.2) is 28.8 Å². The van der Waals surface area contributed by atoms with Crippen LogP contribution < -0.4 is 5.73 Å². The first-order valence-electron chi connectivity index (χ1n) is 5.47. The van der Waals surface area contributed by atoms with Gasteiger partial charge in [-0.05, 0) is 30.2 Å². The van der Waals surface area contributed by atoms with Crippen molar-refractivity contribution in [2.24, 2.45) is 5.73 Å². The lowest BCUT2D eigenvalue weighted by Crippen LogP contribution is -2.34. The number of carbonyl (C=O) groups excluding carboxylic acids is 1. The molecule has 0 fully saturated rings. The van der Waals surface area contributed by atoms with Crippen LogP contribution in [0.5, 0.6) is 11.5 Å². The molecule has 0 unspecified atom stereocenters. The fourth-order valence-electron chi connectivity index (χ4n) is 1.37. The van der Waals surface area contributed by atoms with Gasteiger partial charge >= 0.3 is 5.97 Å². The Labute approximate surface area is 99.8 Å². The Morgan fingerprint density at radius 3 is 2.82 bits per heavy atom. The van der Waals surface area contributed by atoms with Crippen molar-refractivity contribution in [2.75, 3.05) is 6.61 Å². The summed E-state index contributed by atoms with van der Waals surface area (Å²) in [4.78, 5) is 11.4. The summed E-state index contributed by atoms with van der Waals surface area (Å²) < 4.78 is 4.89. The van der Waals surface area contributed by atoms with E-state index in [-0.39, 0.29) is 17.9 Å². The third kappa shape index (κ3) is 3.96. The topological polar surface area (TPSA) is 92.8 Å². The molecule has 94 valence electrons. The van der Waals surface area contributed by atoms with Gasteiger partial charge in [-0.25, -0.2) is 0 Å². The highest BCUT2D eigenvalue weighted by atomic mass is 16.5. The van der Waals surface area contributed by atoms with Gasteiger partial charge in [-0.2, -0.15) is 0 Å². The first-order valence-corrected chi connectivity index (χ1v) is 5.47. The number of hydrogen-bond acceptors (Lipinski definition) is 5. The summed E-state index contributed by atoms with van der Waals surface area (Å²) in [5.74, 6) is -0.483. The van der Waals surface area contributed by atoms with Gasteiger partial charge in [-0.15, -0.1) is 0 Å². The molecule has 0 saturated heterocycles. The Hall–Kier alpha value is -1.75. The number of esters is 1. The SMILES string of the molecule is CCCOC(=O)[C@@H](N)Cc1cc(O)ccc1O. The summed E-state index contributed by atoms with van der Waals surface area (Å²) in [7, 11) is 0. The van der Waals surface area contributed by atoms with E-state index in [1.165, 1.54) is 18.2 Å². The molecule has 5 nitrogen and oxygen atoms in total. The van der Waals surface area contributed by atoms with Crippen LogP contribution in [0.15, 0.2) is 18.2 Å². The van der Waals surface area contributed by atoms with Crippen LogP contribution in [0.2, 0.25) is 0 Å². The van der Waals surface area contributed by atoms with Crippen molar-refractivity contribution in [2.45, 2.75) is 25.8 Å². The maximum Gasteiger partial charge on any atom is 0.323 e. The van der Waals surface area contributed by atoms with Gasteiger partial charge in [-0.1, -0.05) is 6.92 Å². The first kappa shape index (κ1) is 13.3. The van der Waals surface area contributed by atoms with Crippen LogP contribution in [0.3, 0.4) is 0 Å². The lowest BCUT2D eigenvalue weighted by molar-refractivity contribution is -0.145. The summed E-state index contributed by atoms with van der Waals surface area (Å²) >= 11 is 0. The summed E-state index contributed by atoms with van der Waals surface area (Å²) in [6.45, 7) is 2.22. The lowest BCUT2D eigenvalue weighted by atomic mass is 10.1. The van der Waals surface area contributed by atoms with E-state index in [1.807, 2.05) is 6.92 Å². The van der Waals surface area contributed by atoms with E-state index in [4.69, 9.17) is 10.5 Å². The van der Waals surface area contributed by atoms with Crippen molar-refractivity contribution in [3.63, 3.8) is 0 Å². The number of rotatable bonds is 5. The fourth-order valence-corrected chi connectivity index (χ4v) is 1.37. The highest BCUT2D eigenvalue weighted by Crippen LogP contribution is 2.23. The minimum atomic E-state index is -0.839. The minimum absolute atomic E-state index is 0.00143. The van der Waals surface area contributed by atoms with Crippen molar-refractivity contribution in [1.82, 2.24) is 0 Å². The van der Waals surface area contributed by atoms with E-state index in [2.05, 4.69) is 0 Å². The van der Waals surface area contributed by atoms with Crippen molar-refractivity contribution in [3.8, 4) is 11.5 Å². The molecule has 0 bridgehead atoms. The average molecular weight is 239 g/mol. The third-order valence-corrected chi connectivity index (χ3v) is 2.25. The van der Waals surface area contributed by atoms with Gasteiger partial charge in [0.25, 0.3) is 0 Å². The zero-order chi connectivity index (χ0) is 12.8. The molecular formula is C12H17NO4. The quantitative estimate of drug-likeness (QED) is 0.525. The van der Waals surface area contributed by atoms with Crippen molar-refractivity contribution in [3.05, 3.63) is 23.8 Å². The molecule has 17 heavy (non-hydrogen) atoms. The summed E-state index contributed by atoms with van der Waals surface area (Å²) in [5, 5.41) is 18.8. The van der Waals surface area contributed by atoms with E-state index in [0.717, 1.165) is 6.42 Å². The molecule has 1 aromatic rings. The van der Waals surface area contributed by atoms with Gasteiger partial charge in [0.05, 0.1) is 6.61 Å². The van der Waals surface area contributed by atoms with Crippen molar-refractivity contribution < 1.29 is 19.7 Å². The normalized spacial score (nSPS) is 12.1. The summed E-state index contributed by atoms with van der Waals surface area (Å²) in [6.07, 6.45) is 0.860. The van der Waals surface area contributed by atoms with Gasteiger partial charge < -0.3 is 20.7 Å². The largest absolute Gasteiger partial charge is 0.508 e. The molecule has 0 aliphatic carbocycles. The number of phenolic OH excluding ortho intramolecular Hbond substituents is 2. The van der Waals surface area contributed by atoms with Gasteiger partial charge in [0.1, 0.15) is 17.5 Å². The van der Waals surface area contributed by atoms with Gasteiger partial charge in [-0.3, -0.25) is 4.79 Å². The second-order valence-corrected chi connectivity index (χ2v) is 3.79. The van der Waals surface area contributed by atoms with E-state index < -0.39 is 12.0 Å². The second-order valence-electron chi connectivity index (χ2n) is 3.79. The Morgan fingerprint density at radius 2 is 2.18 bits per heavy atom. The van der Waals surface area contributed by atoms with Gasteiger partial charge in [0.2, 0.25) is 0 Å². The van der Waals surface area contributed by atoms with E-state index in [9.17, 15) is 15.0 Å². The summed E-state index contributed by atoms with van der Waals surface area (Å²) in [6, 6.07) is 3.26. The third-order valence-electron chi connectivity index (χ3n) is 2.25. The highest BCUT2D eigenvalue weighted by molar-refractivity contribution is 5.76. The lowest BCUT2D eigenvalue weighted by Gasteiger charge is -2.12. The predicted octanol–water partition coefficient (Wildman–Crippen LogP) is 0.921. The van der Waals surface area contributed by atoms with E-state index in [0.29, 0.717) is 12.2 Å². The van der Waals surface area contributed by atoms with Crippen LogP contribution in [0.1, 0.15) is 18.9 Å². The number of ether oxygens (including phenoxy) is 1. The van der Waals surface area contributed by atoms with Crippen LogP contribution in [-0.2, 0) is 16.0 Å². The molecule has 0 aliphatic rings. The van der Waals surface area contributed by atoms with Gasteiger partial charge in [0, 0.05) is 6.42 Å². The maximum atomic E-state index is 11.4. The minimum Gasteiger partial charge on any atom is -0.508 e. The molecule has 5 heteroatoms. The molecule has 0 heterocycles. The molecule has 0 aromatic heterocycles. The first-order chi connectivity index (χ1) is 8.04. The van der Waals surface area contributed by atoms with Crippen LogP contribution in [0.25, 0.3) is 0 Å². The monoisotopic (exact) mass is 239 g/mol. The molecule has 0 amide bonds. The standard InChI is InChI=1S/C12H17NO4/c1-2-5-17-12(16)10(13)7-8-6-9(14)3-4-11(8)15/h3-4,6,10,14-15H,2,5,7,13H2,1H3/t10-/m0/s1. The number of aromatic hydroxyl groups is 2. The number of hydrogen-bond donors (Lipinski definition) is 3. The molecule has 1 atom stereocenters. The van der Waals surface area contributed by atoms with Crippen molar-refractivity contribution >= 4 is 5.97 Å². The van der Waals surface area contributed by atoms with Gasteiger partial charge in [0.15, 0.2) is 0 Å². The molecule has 1 rings (SSSR count). The maximum absolute atomic E-state index is 11.4. The number of phenols is 2. The predicted molar refractivity (Wildman–Crippen MR) is 62.7 cm³/mol. The number of nitrogens with two attached hydrogens (primary N) is 1. The molecule has 0 aliphatic heterocycles. The number of benzene rings is 1. The van der Waals surface area contributed by atoms with E-state index in [1.54, 1.807) is 0 Å². The molecule has 0 radical (unpaired) electrons. The zero-order valence-corrected chi connectivity index (χ0v) is 9.72. The Balaban J connectivity index is 2.64. The Morgan fingerprint density at radius 1 is 1.47 bits per heavy atom. The molecular weight excluding hydrogens is 222 g/mol. The Kier molecular flexibility index (Phi) is 4.78. The molecule has 0 spiro atoms. The van der Waals surface area contributed by atoms with Crippen LogP contribution in [0.4, 0.5) is 0 Å². The average Bonchev–Trinajstić information content (AvgIpc) is 2.30. The number of carbonyl (C=O) groups is 1. The highest BCUT2D eigenvalue weighted by Gasteiger charge is 2.17. The van der Waals surface area contributed by atoms with Crippen LogP contribution >= 0.6 is 0 Å². The Bertz CT molecular complexity index is 392. The van der Waals surface area contributed by atoms with E-state index >= 15 is 0 Å². The fraction of sp³-hybridized carbons (Fsp3) is 0.417. The second kappa shape index (κ2) is 6.10. The molecule has 0 saturated carbocycles. The van der Waals surface area contributed by atoms with Crippen molar-refractivity contribution in [1.29, 1.82) is 0 Å².